The van der Waals surface area contributed by atoms with Crippen molar-refractivity contribution in [2.75, 3.05) is 0 Å². The molecule has 2 aromatic carbocycles. The summed E-state index contributed by atoms with van der Waals surface area (Å²) in [4.78, 5) is 26.1. The molecule has 1 aliphatic rings. The Hall–Kier alpha value is -1.18. The van der Waals surface area contributed by atoms with Gasteiger partial charge in [0.1, 0.15) is 6.61 Å². The first-order valence-corrected chi connectivity index (χ1v) is 11.2. The van der Waals surface area contributed by atoms with Gasteiger partial charge in [-0.15, -0.1) is 0 Å². The van der Waals surface area contributed by atoms with Gasteiger partial charge in [-0.3, -0.25) is 14.5 Å². The fourth-order valence-corrected chi connectivity index (χ4v) is 4.93. The molecule has 1 aliphatic heterocycles. The van der Waals surface area contributed by atoms with E-state index in [2.05, 4.69) is 15.9 Å². The lowest BCUT2D eigenvalue weighted by Crippen LogP contribution is -2.34. The number of benzene rings is 2. The summed E-state index contributed by atoms with van der Waals surface area (Å²) in [6.45, 7) is 3.85. The molecule has 0 bridgehead atoms. The molecule has 0 radical (unpaired) electrons. The molecule has 29 heavy (non-hydrogen) atoms. The first-order chi connectivity index (χ1) is 13.7. The Morgan fingerprint density at radius 2 is 1.83 bits per heavy atom. The molecule has 9 heteroatoms. The summed E-state index contributed by atoms with van der Waals surface area (Å²) in [5.41, 5.74) is 1.52. The van der Waals surface area contributed by atoms with Gasteiger partial charge in [0, 0.05) is 6.04 Å². The minimum Gasteiger partial charge on any atom is -0.486 e. The Labute approximate surface area is 196 Å². The minimum atomic E-state index is -0.304. The number of carbonyl (C=O) groups excluding carboxylic acids is 2. The number of amides is 2. The van der Waals surface area contributed by atoms with Crippen molar-refractivity contribution in [3.63, 3.8) is 0 Å². The molecule has 1 fully saturated rings. The second-order valence-corrected chi connectivity index (χ2v) is 9.57. The molecule has 2 aromatic rings. The van der Waals surface area contributed by atoms with E-state index in [0.717, 1.165) is 17.3 Å². The zero-order valence-corrected chi connectivity index (χ0v) is 20.0. The summed E-state index contributed by atoms with van der Waals surface area (Å²) in [7, 11) is 0. The predicted molar refractivity (Wildman–Crippen MR) is 123 cm³/mol. The summed E-state index contributed by atoms with van der Waals surface area (Å²) < 4.78 is 6.45. The molecule has 152 valence electrons. The lowest BCUT2D eigenvalue weighted by atomic mass is 10.2. The molecular formula is C20H15BrCl3NO3S. The fraction of sp³-hybridized carbons (Fsp3) is 0.200. The molecule has 0 atom stereocenters. The third kappa shape index (κ3) is 5.12. The summed E-state index contributed by atoms with van der Waals surface area (Å²) in [5, 5.41) is 1.02. The summed E-state index contributed by atoms with van der Waals surface area (Å²) >= 11 is 22.7. The van der Waals surface area contributed by atoms with E-state index in [9.17, 15) is 9.59 Å². The van der Waals surface area contributed by atoms with Gasteiger partial charge in [-0.1, -0.05) is 40.9 Å². The van der Waals surface area contributed by atoms with Crippen LogP contribution in [0.4, 0.5) is 4.79 Å². The SMILES string of the molecule is CC(C)N1C(=O)S/C(=C/c2cc(Cl)c(OCc3ccc(Cl)c(Cl)c3)c(Br)c2)C1=O. The Kier molecular flexibility index (Phi) is 7.23. The van der Waals surface area contributed by atoms with Crippen LogP contribution in [0.15, 0.2) is 39.7 Å². The molecule has 0 aromatic heterocycles. The smallest absolute Gasteiger partial charge is 0.293 e. The van der Waals surface area contributed by atoms with Gasteiger partial charge in [0.2, 0.25) is 0 Å². The van der Waals surface area contributed by atoms with Crippen molar-refractivity contribution in [3.8, 4) is 5.75 Å². The Balaban J connectivity index is 1.80. The summed E-state index contributed by atoms with van der Waals surface area (Å²) in [5.74, 6) is 0.160. The molecule has 1 saturated heterocycles. The van der Waals surface area contributed by atoms with Gasteiger partial charge in [0.15, 0.2) is 5.75 Å². The number of thioether (sulfide) groups is 1. The summed E-state index contributed by atoms with van der Waals surface area (Å²) in [6, 6.07) is 8.51. The van der Waals surface area contributed by atoms with Crippen molar-refractivity contribution < 1.29 is 14.3 Å². The van der Waals surface area contributed by atoms with Crippen LogP contribution < -0.4 is 4.74 Å². The van der Waals surface area contributed by atoms with Gasteiger partial charge < -0.3 is 4.74 Å². The van der Waals surface area contributed by atoms with Crippen molar-refractivity contribution in [1.82, 2.24) is 4.90 Å². The Bertz CT molecular complexity index is 1000. The molecule has 0 spiro atoms. The first-order valence-electron chi connectivity index (χ1n) is 8.50. The number of halogens is 4. The molecule has 3 rings (SSSR count). The zero-order valence-electron chi connectivity index (χ0n) is 15.3. The molecule has 1 heterocycles. The number of nitrogens with zero attached hydrogens (tertiary/aromatic N) is 1. The topological polar surface area (TPSA) is 46.6 Å². The van der Waals surface area contributed by atoms with Gasteiger partial charge in [-0.2, -0.15) is 0 Å². The van der Waals surface area contributed by atoms with Crippen molar-refractivity contribution in [3.05, 3.63) is 65.9 Å². The van der Waals surface area contributed by atoms with Crippen molar-refractivity contribution in [2.24, 2.45) is 0 Å². The van der Waals surface area contributed by atoms with E-state index in [1.54, 1.807) is 44.2 Å². The van der Waals surface area contributed by atoms with Crippen LogP contribution in [0.5, 0.6) is 5.75 Å². The number of carbonyl (C=O) groups is 2. The number of hydrogen-bond acceptors (Lipinski definition) is 4. The van der Waals surface area contributed by atoms with Crippen LogP contribution >= 0.6 is 62.5 Å². The number of rotatable bonds is 5. The maximum Gasteiger partial charge on any atom is 0.293 e. The van der Waals surface area contributed by atoms with E-state index in [0.29, 0.717) is 35.8 Å². The van der Waals surface area contributed by atoms with E-state index in [1.165, 1.54) is 4.90 Å². The highest BCUT2D eigenvalue weighted by Crippen LogP contribution is 2.38. The number of imide groups is 1. The minimum absolute atomic E-state index is 0.194. The highest BCUT2D eigenvalue weighted by Gasteiger charge is 2.36. The predicted octanol–water partition coefficient (Wildman–Crippen LogP) is 7.43. The third-order valence-electron chi connectivity index (χ3n) is 4.03. The van der Waals surface area contributed by atoms with Crippen LogP contribution in [0.3, 0.4) is 0 Å². The van der Waals surface area contributed by atoms with Crippen LogP contribution in [-0.4, -0.2) is 22.1 Å². The Morgan fingerprint density at radius 3 is 2.41 bits per heavy atom. The van der Waals surface area contributed by atoms with Crippen molar-refractivity contribution in [1.29, 1.82) is 0 Å². The van der Waals surface area contributed by atoms with E-state index in [4.69, 9.17) is 39.5 Å². The first kappa shape index (κ1) is 22.5. The number of ether oxygens (including phenoxy) is 1. The average molecular weight is 536 g/mol. The molecule has 0 N–H and O–H groups in total. The van der Waals surface area contributed by atoms with E-state index in [-0.39, 0.29) is 23.8 Å². The third-order valence-corrected chi connectivity index (χ3v) is 6.52. The van der Waals surface area contributed by atoms with E-state index >= 15 is 0 Å². The lowest BCUT2D eigenvalue weighted by Gasteiger charge is -2.16. The van der Waals surface area contributed by atoms with Gasteiger partial charge in [0.05, 0.1) is 24.4 Å². The highest BCUT2D eigenvalue weighted by atomic mass is 79.9. The monoisotopic (exact) mass is 533 g/mol. The largest absolute Gasteiger partial charge is 0.486 e. The average Bonchev–Trinajstić information content (AvgIpc) is 2.90. The molecule has 0 unspecified atom stereocenters. The zero-order chi connectivity index (χ0) is 21.3. The van der Waals surface area contributed by atoms with Gasteiger partial charge in [-0.05, 0) is 83.0 Å². The second-order valence-electron chi connectivity index (χ2n) is 6.50. The van der Waals surface area contributed by atoms with Crippen LogP contribution in [0.2, 0.25) is 15.1 Å². The van der Waals surface area contributed by atoms with Gasteiger partial charge in [-0.25, -0.2) is 0 Å². The second kappa shape index (κ2) is 9.31. The molecule has 4 nitrogen and oxygen atoms in total. The van der Waals surface area contributed by atoms with Crippen molar-refractivity contribution >= 4 is 79.7 Å². The molecule has 0 saturated carbocycles. The van der Waals surface area contributed by atoms with Crippen LogP contribution in [0.25, 0.3) is 6.08 Å². The molecular weight excluding hydrogens is 521 g/mol. The van der Waals surface area contributed by atoms with Gasteiger partial charge >= 0.3 is 0 Å². The maximum absolute atomic E-state index is 12.4. The fourth-order valence-electron chi connectivity index (χ4n) is 2.66. The van der Waals surface area contributed by atoms with E-state index < -0.39 is 0 Å². The molecule has 2 amide bonds. The highest BCUT2D eigenvalue weighted by molar-refractivity contribution is 9.10. The van der Waals surface area contributed by atoms with Crippen LogP contribution in [-0.2, 0) is 11.4 Å². The quantitative estimate of drug-likeness (QED) is 0.374. The van der Waals surface area contributed by atoms with E-state index in [1.807, 2.05) is 6.07 Å². The number of hydrogen-bond donors (Lipinski definition) is 0. The maximum atomic E-state index is 12.4. The normalized spacial score (nSPS) is 15.7. The standard InChI is InChI=1S/C20H15BrCl3NO3S/c1-10(2)25-19(26)17(29-20(25)27)8-12-5-13(21)18(16(24)7-12)28-9-11-3-4-14(22)15(23)6-11/h3-8,10H,9H2,1-2H3/b17-8+. The van der Waals surface area contributed by atoms with Crippen LogP contribution in [0.1, 0.15) is 25.0 Å². The van der Waals surface area contributed by atoms with Crippen LogP contribution in [0, 0.1) is 0 Å². The van der Waals surface area contributed by atoms with Crippen molar-refractivity contribution in [2.45, 2.75) is 26.5 Å². The Morgan fingerprint density at radius 1 is 1.10 bits per heavy atom. The lowest BCUT2D eigenvalue weighted by molar-refractivity contribution is -0.123. The summed E-state index contributed by atoms with van der Waals surface area (Å²) in [6.07, 6.45) is 1.65. The van der Waals surface area contributed by atoms with Gasteiger partial charge in [0.25, 0.3) is 11.1 Å². The molecule has 0 aliphatic carbocycles.